The average molecular weight is 557 g/mol. The van der Waals surface area contributed by atoms with E-state index >= 15 is 0 Å². The van der Waals surface area contributed by atoms with Crippen LogP contribution in [0.25, 0.3) is 0 Å². The number of hydrogen-bond donors (Lipinski definition) is 2. The number of hydrogen-bond acceptors (Lipinski definition) is 6. The maximum Gasteiger partial charge on any atom is 0.264 e. The van der Waals surface area contributed by atoms with Crippen molar-refractivity contribution in [3.63, 3.8) is 0 Å². The molecule has 0 atom stereocenters. The van der Waals surface area contributed by atoms with Crippen LogP contribution in [0.4, 0.5) is 17.1 Å². The van der Waals surface area contributed by atoms with E-state index in [9.17, 15) is 21.6 Å². The average Bonchev–Trinajstić information content (AvgIpc) is 2.89. The summed E-state index contributed by atoms with van der Waals surface area (Å²) in [5.74, 6) is -0.626. The minimum absolute atomic E-state index is 0.0217. The Kier molecular flexibility index (Phi) is 7.77. The quantitative estimate of drug-likeness (QED) is 0.315. The monoisotopic (exact) mass is 556 g/mol. The Balaban J connectivity index is 1.52. The van der Waals surface area contributed by atoms with Gasteiger partial charge in [0.05, 0.1) is 27.4 Å². The molecule has 3 aromatic carbocycles. The smallest absolute Gasteiger partial charge is 0.264 e. The summed E-state index contributed by atoms with van der Waals surface area (Å²) in [7, 11) is -7.94. The van der Waals surface area contributed by atoms with E-state index in [2.05, 4.69) is 15.0 Å². The third kappa shape index (κ3) is 6.45. The summed E-state index contributed by atoms with van der Waals surface area (Å²) in [6.45, 7) is -0.526. The van der Waals surface area contributed by atoms with Gasteiger partial charge in [0.25, 0.3) is 20.0 Å². The van der Waals surface area contributed by atoms with Crippen molar-refractivity contribution in [3.8, 4) is 0 Å². The van der Waals surface area contributed by atoms with Crippen LogP contribution in [0.2, 0.25) is 5.02 Å². The fraction of sp³-hybridized carbons (Fsp3) is 0.0400. The lowest BCUT2D eigenvalue weighted by molar-refractivity contribution is -0.114. The van der Waals surface area contributed by atoms with Crippen molar-refractivity contribution in [2.75, 3.05) is 20.9 Å². The molecule has 0 aliphatic carbocycles. The van der Waals surface area contributed by atoms with Crippen molar-refractivity contribution in [2.45, 2.75) is 9.79 Å². The maximum atomic E-state index is 13.3. The summed E-state index contributed by atoms with van der Waals surface area (Å²) in [6, 6.07) is 22.4. The first kappa shape index (κ1) is 26.1. The van der Waals surface area contributed by atoms with Gasteiger partial charge in [0.1, 0.15) is 6.54 Å². The zero-order valence-corrected chi connectivity index (χ0v) is 21.5. The maximum absolute atomic E-state index is 13.3. The van der Waals surface area contributed by atoms with Crippen molar-refractivity contribution in [1.29, 1.82) is 0 Å². The zero-order valence-electron chi connectivity index (χ0n) is 19.2. The molecule has 0 unspecified atom stereocenters. The van der Waals surface area contributed by atoms with Gasteiger partial charge in [-0.05, 0) is 72.8 Å². The summed E-state index contributed by atoms with van der Waals surface area (Å²) < 4.78 is 55.3. The van der Waals surface area contributed by atoms with Gasteiger partial charge < -0.3 is 5.32 Å². The third-order valence-electron chi connectivity index (χ3n) is 5.10. The summed E-state index contributed by atoms with van der Waals surface area (Å²) in [5, 5.41) is 3.02. The Morgan fingerprint density at radius 1 is 0.784 bits per heavy atom. The Labute approximate surface area is 219 Å². The number of aromatic nitrogens is 1. The van der Waals surface area contributed by atoms with Crippen LogP contribution in [-0.2, 0) is 24.8 Å². The molecule has 0 saturated heterocycles. The van der Waals surface area contributed by atoms with Crippen LogP contribution in [0.3, 0.4) is 0 Å². The second-order valence-electron chi connectivity index (χ2n) is 7.72. The van der Waals surface area contributed by atoms with Crippen LogP contribution in [0.1, 0.15) is 0 Å². The number of amides is 1. The van der Waals surface area contributed by atoms with Crippen LogP contribution < -0.4 is 14.3 Å². The lowest BCUT2D eigenvalue weighted by atomic mass is 10.3. The number of carbonyl (C=O) groups is 1. The van der Waals surface area contributed by atoms with Crippen molar-refractivity contribution < 1.29 is 21.6 Å². The summed E-state index contributed by atoms with van der Waals surface area (Å²) in [4.78, 5) is 16.7. The number of sulfonamides is 2. The van der Waals surface area contributed by atoms with E-state index in [0.29, 0.717) is 16.4 Å². The standard InChI is InChI=1S/C25H21ClN4O5S2/c26-19-8-12-22(13-9-19)30(37(34,35)24-6-2-1-3-7-24)18-25(31)28-20-10-14-23(15-11-20)36(32,33)29-21-5-4-16-27-17-21/h1-17,29H,18H2,(H,28,31). The van der Waals surface area contributed by atoms with Crippen molar-refractivity contribution in [1.82, 2.24) is 4.98 Å². The number of nitrogens with one attached hydrogen (secondary N) is 2. The minimum atomic E-state index is -4.07. The molecule has 1 heterocycles. The Morgan fingerprint density at radius 3 is 2.08 bits per heavy atom. The van der Waals surface area contributed by atoms with Gasteiger partial charge in [0.15, 0.2) is 0 Å². The normalized spacial score (nSPS) is 11.5. The molecule has 9 nitrogen and oxygen atoms in total. The highest BCUT2D eigenvalue weighted by Gasteiger charge is 2.27. The van der Waals surface area contributed by atoms with Gasteiger partial charge in [-0.2, -0.15) is 0 Å². The second kappa shape index (κ2) is 11.0. The van der Waals surface area contributed by atoms with E-state index in [0.717, 1.165) is 4.31 Å². The number of benzene rings is 3. The van der Waals surface area contributed by atoms with Gasteiger partial charge in [0, 0.05) is 16.9 Å². The molecule has 190 valence electrons. The second-order valence-corrected chi connectivity index (χ2v) is 11.7. The number of anilines is 3. The molecule has 0 aliphatic rings. The van der Waals surface area contributed by atoms with Gasteiger partial charge in [-0.15, -0.1) is 0 Å². The Hall–Kier alpha value is -3.93. The highest BCUT2D eigenvalue weighted by Crippen LogP contribution is 2.25. The van der Waals surface area contributed by atoms with Gasteiger partial charge in [-0.25, -0.2) is 16.8 Å². The molecule has 0 radical (unpaired) electrons. The summed E-state index contributed by atoms with van der Waals surface area (Å²) in [5.41, 5.74) is 0.853. The van der Waals surface area contributed by atoms with E-state index in [4.69, 9.17) is 11.6 Å². The molecular weight excluding hydrogens is 536 g/mol. The Morgan fingerprint density at radius 2 is 1.46 bits per heavy atom. The molecule has 37 heavy (non-hydrogen) atoms. The number of nitrogens with zero attached hydrogens (tertiary/aromatic N) is 2. The first-order chi connectivity index (χ1) is 17.6. The number of pyridine rings is 1. The van der Waals surface area contributed by atoms with Gasteiger partial charge in [-0.1, -0.05) is 29.8 Å². The van der Waals surface area contributed by atoms with E-state index < -0.39 is 32.5 Å². The highest BCUT2D eigenvalue weighted by molar-refractivity contribution is 7.93. The molecule has 0 bridgehead atoms. The molecular formula is C25H21ClN4O5S2. The van der Waals surface area contributed by atoms with Gasteiger partial charge in [0.2, 0.25) is 5.91 Å². The molecule has 0 fully saturated rings. The molecule has 4 aromatic rings. The van der Waals surface area contributed by atoms with Gasteiger partial charge in [-0.3, -0.25) is 18.8 Å². The van der Waals surface area contributed by atoms with E-state index in [-0.39, 0.29) is 15.5 Å². The van der Waals surface area contributed by atoms with Crippen LogP contribution >= 0.6 is 11.6 Å². The lowest BCUT2D eigenvalue weighted by Crippen LogP contribution is -2.38. The number of carbonyl (C=O) groups excluding carboxylic acids is 1. The van der Waals surface area contributed by atoms with E-state index in [1.165, 1.54) is 73.1 Å². The van der Waals surface area contributed by atoms with Gasteiger partial charge >= 0.3 is 0 Å². The largest absolute Gasteiger partial charge is 0.325 e. The Bertz CT molecular complexity index is 1580. The molecule has 12 heteroatoms. The molecule has 0 saturated carbocycles. The molecule has 4 rings (SSSR count). The van der Waals surface area contributed by atoms with Crippen molar-refractivity contribution >= 4 is 54.6 Å². The third-order valence-corrected chi connectivity index (χ3v) is 8.53. The molecule has 1 aromatic heterocycles. The van der Waals surface area contributed by atoms with E-state index in [1.807, 2.05) is 0 Å². The number of rotatable bonds is 9. The van der Waals surface area contributed by atoms with Crippen LogP contribution in [-0.4, -0.2) is 34.3 Å². The fourth-order valence-electron chi connectivity index (χ4n) is 3.33. The van der Waals surface area contributed by atoms with Crippen molar-refractivity contribution in [3.05, 3.63) is 108 Å². The van der Waals surface area contributed by atoms with Crippen LogP contribution in [0.15, 0.2) is 113 Å². The molecule has 0 spiro atoms. The van der Waals surface area contributed by atoms with Crippen molar-refractivity contribution in [2.24, 2.45) is 0 Å². The topological polar surface area (TPSA) is 126 Å². The molecule has 2 N–H and O–H groups in total. The predicted molar refractivity (Wildman–Crippen MR) is 143 cm³/mol. The summed E-state index contributed by atoms with van der Waals surface area (Å²) in [6.07, 6.45) is 2.90. The molecule has 0 aliphatic heterocycles. The van der Waals surface area contributed by atoms with E-state index in [1.54, 1.807) is 30.3 Å². The molecule has 1 amide bonds. The SMILES string of the molecule is O=C(CN(c1ccc(Cl)cc1)S(=O)(=O)c1ccccc1)Nc1ccc(S(=O)(=O)Nc2cccnc2)cc1. The first-order valence-corrected chi connectivity index (χ1v) is 14.1. The fourth-order valence-corrected chi connectivity index (χ4v) is 5.94. The summed E-state index contributed by atoms with van der Waals surface area (Å²) >= 11 is 5.95. The first-order valence-electron chi connectivity index (χ1n) is 10.8. The predicted octanol–water partition coefficient (Wildman–Crippen LogP) is 4.37. The number of halogens is 1. The zero-order chi connectivity index (χ0) is 26.5. The minimum Gasteiger partial charge on any atom is -0.325 e. The van der Waals surface area contributed by atoms with Crippen LogP contribution in [0, 0.1) is 0 Å². The van der Waals surface area contributed by atoms with Crippen LogP contribution in [0.5, 0.6) is 0 Å². The highest BCUT2D eigenvalue weighted by atomic mass is 35.5. The lowest BCUT2D eigenvalue weighted by Gasteiger charge is -2.24.